The van der Waals surface area contributed by atoms with E-state index in [0.29, 0.717) is 24.3 Å². The summed E-state index contributed by atoms with van der Waals surface area (Å²) in [6.07, 6.45) is 2.45. The molecule has 1 amide bonds. The molecule has 0 aliphatic rings. The molecule has 0 fully saturated rings. The molecule has 3 N–H and O–H groups in total. The summed E-state index contributed by atoms with van der Waals surface area (Å²) in [4.78, 5) is 24.6. The highest BCUT2D eigenvalue weighted by atomic mass is 16.1. The number of H-pyrrole nitrogens is 1. The summed E-state index contributed by atoms with van der Waals surface area (Å²) in [5.74, 6) is 0.582. The van der Waals surface area contributed by atoms with Crippen LogP contribution in [0, 0.1) is 0 Å². The van der Waals surface area contributed by atoms with Crippen LogP contribution in [0.2, 0.25) is 0 Å². The Kier molecular flexibility index (Phi) is 6.92. The summed E-state index contributed by atoms with van der Waals surface area (Å²) in [5.41, 5.74) is 2.84. The van der Waals surface area contributed by atoms with Gasteiger partial charge in [0.2, 0.25) is 0 Å². The molecule has 0 radical (unpaired) electrons. The molecule has 0 aliphatic carbocycles. The monoisotopic (exact) mass is 426 g/mol. The molecule has 6 nitrogen and oxygen atoms in total. The Hall–Kier alpha value is -3.93. The van der Waals surface area contributed by atoms with Gasteiger partial charge in [0.15, 0.2) is 5.82 Å². The Bertz CT molecular complexity index is 1250. The molecule has 0 spiro atoms. The number of anilines is 1. The Balaban J connectivity index is 1.29. The van der Waals surface area contributed by atoms with Crippen LogP contribution in [-0.2, 0) is 12.8 Å². The molecule has 162 valence electrons. The number of amides is 1. The Labute approximate surface area is 186 Å². The lowest BCUT2D eigenvalue weighted by atomic mass is 9.99. The number of benzene rings is 3. The quantitative estimate of drug-likeness (QED) is 0.354. The van der Waals surface area contributed by atoms with Gasteiger partial charge >= 0.3 is 0 Å². The summed E-state index contributed by atoms with van der Waals surface area (Å²) >= 11 is 0. The zero-order chi connectivity index (χ0) is 22.2. The van der Waals surface area contributed by atoms with Crippen molar-refractivity contribution in [1.29, 1.82) is 0 Å². The van der Waals surface area contributed by atoms with Gasteiger partial charge in [0.1, 0.15) is 0 Å². The maximum atomic E-state index is 12.7. The van der Waals surface area contributed by atoms with E-state index in [1.54, 1.807) is 6.07 Å². The number of aromatic nitrogens is 2. The Morgan fingerprint density at radius 1 is 0.812 bits per heavy atom. The minimum Gasteiger partial charge on any atom is -0.368 e. The average Bonchev–Trinajstić information content (AvgIpc) is 2.84. The summed E-state index contributed by atoms with van der Waals surface area (Å²) in [5, 5.41) is 14.3. The van der Waals surface area contributed by atoms with E-state index in [-0.39, 0.29) is 11.5 Å². The predicted molar refractivity (Wildman–Crippen MR) is 128 cm³/mol. The van der Waals surface area contributed by atoms with Gasteiger partial charge in [-0.1, -0.05) is 66.7 Å². The second-order valence-corrected chi connectivity index (χ2v) is 7.63. The van der Waals surface area contributed by atoms with Gasteiger partial charge in [-0.2, -0.15) is 5.10 Å². The minimum absolute atomic E-state index is 0.0544. The van der Waals surface area contributed by atoms with Crippen molar-refractivity contribution in [3.63, 3.8) is 0 Å². The lowest BCUT2D eigenvalue weighted by Gasteiger charge is -2.11. The molecule has 0 saturated heterocycles. The van der Waals surface area contributed by atoms with E-state index in [1.165, 1.54) is 5.56 Å². The molecule has 32 heavy (non-hydrogen) atoms. The summed E-state index contributed by atoms with van der Waals surface area (Å²) in [6.45, 7) is 1.17. The molecular formula is C26H26N4O2. The number of carbonyl (C=O) groups excluding carboxylic acids is 1. The van der Waals surface area contributed by atoms with Crippen LogP contribution in [0.1, 0.15) is 27.9 Å². The number of aryl methyl sites for hydroxylation is 2. The third-order valence-corrected chi connectivity index (χ3v) is 5.42. The van der Waals surface area contributed by atoms with E-state index >= 15 is 0 Å². The van der Waals surface area contributed by atoms with Gasteiger partial charge in [-0.15, -0.1) is 0 Å². The SMILES string of the molecule is O=C(NCCCNc1n[nH]c(=O)c2ccccc12)c1ccccc1CCc1ccccc1. The fourth-order valence-corrected chi connectivity index (χ4v) is 3.73. The molecule has 6 heteroatoms. The van der Waals surface area contributed by atoms with Crippen molar-refractivity contribution in [3.8, 4) is 0 Å². The van der Waals surface area contributed by atoms with E-state index in [2.05, 4.69) is 33.0 Å². The summed E-state index contributed by atoms with van der Waals surface area (Å²) in [6, 6.07) is 25.4. The molecule has 0 bridgehead atoms. The Morgan fingerprint density at radius 3 is 2.38 bits per heavy atom. The van der Waals surface area contributed by atoms with Crippen molar-refractivity contribution in [2.24, 2.45) is 0 Å². The molecule has 0 unspecified atom stereocenters. The van der Waals surface area contributed by atoms with Crippen LogP contribution >= 0.6 is 0 Å². The lowest BCUT2D eigenvalue weighted by Crippen LogP contribution is -2.27. The maximum Gasteiger partial charge on any atom is 0.272 e. The van der Waals surface area contributed by atoms with Crippen molar-refractivity contribution in [1.82, 2.24) is 15.5 Å². The van der Waals surface area contributed by atoms with E-state index in [9.17, 15) is 9.59 Å². The van der Waals surface area contributed by atoms with Crippen molar-refractivity contribution < 1.29 is 4.79 Å². The van der Waals surface area contributed by atoms with E-state index in [4.69, 9.17) is 0 Å². The smallest absolute Gasteiger partial charge is 0.272 e. The van der Waals surface area contributed by atoms with Gasteiger partial charge in [0, 0.05) is 24.0 Å². The molecule has 0 atom stereocenters. The molecule has 4 rings (SSSR count). The zero-order valence-corrected chi connectivity index (χ0v) is 17.8. The van der Waals surface area contributed by atoms with Gasteiger partial charge in [-0.05, 0) is 42.5 Å². The minimum atomic E-state index is -0.204. The van der Waals surface area contributed by atoms with Crippen LogP contribution in [0.5, 0.6) is 0 Å². The fraction of sp³-hybridized carbons (Fsp3) is 0.192. The number of aromatic amines is 1. The highest BCUT2D eigenvalue weighted by molar-refractivity contribution is 5.95. The van der Waals surface area contributed by atoms with Gasteiger partial charge in [0.25, 0.3) is 11.5 Å². The van der Waals surface area contributed by atoms with Gasteiger partial charge in [0.05, 0.1) is 5.39 Å². The number of nitrogens with one attached hydrogen (secondary N) is 3. The highest BCUT2D eigenvalue weighted by Crippen LogP contribution is 2.16. The van der Waals surface area contributed by atoms with Crippen LogP contribution < -0.4 is 16.2 Å². The molecule has 0 aliphatic heterocycles. The second-order valence-electron chi connectivity index (χ2n) is 7.63. The van der Waals surface area contributed by atoms with Crippen molar-refractivity contribution >= 4 is 22.5 Å². The summed E-state index contributed by atoms with van der Waals surface area (Å²) in [7, 11) is 0. The summed E-state index contributed by atoms with van der Waals surface area (Å²) < 4.78 is 0. The van der Waals surface area contributed by atoms with Crippen LogP contribution in [0.25, 0.3) is 10.8 Å². The number of nitrogens with zero attached hydrogens (tertiary/aromatic N) is 1. The topological polar surface area (TPSA) is 86.9 Å². The van der Waals surface area contributed by atoms with Crippen molar-refractivity contribution in [3.05, 3.63) is 106 Å². The molecule has 4 aromatic rings. The van der Waals surface area contributed by atoms with Gasteiger partial charge in [-0.25, -0.2) is 5.10 Å². The number of hydrogen-bond acceptors (Lipinski definition) is 4. The molecule has 1 heterocycles. The first-order valence-corrected chi connectivity index (χ1v) is 10.8. The van der Waals surface area contributed by atoms with Crippen LogP contribution in [0.3, 0.4) is 0 Å². The van der Waals surface area contributed by atoms with E-state index < -0.39 is 0 Å². The Morgan fingerprint density at radius 2 is 1.53 bits per heavy atom. The van der Waals surface area contributed by atoms with Crippen LogP contribution in [-0.4, -0.2) is 29.2 Å². The second kappa shape index (κ2) is 10.4. The number of hydrogen-bond donors (Lipinski definition) is 3. The third-order valence-electron chi connectivity index (χ3n) is 5.42. The highest BCUT2D eigenvalue weighted by Gasteiger charge is 2.10. The average molecular weight is 427 g/mol. The maximum absolute atomic E-state index is 12.7. The largest absolute Gasteiger partial charge is 0.368 e. The lowest BCUT2D eigenvalue weighted by molar-refractivity contribution is 0.0952. The number of carbonyl (C=O) groups is 1. The van der Waals surface area contributed by atoms with Crippen molar-refractivity contribution in [2.75, 3.05) is 18.4 Å². The number of fused-ring (bicyclic) bond motifs is 1. The third kappa shape index (κ3) is 5.21. The molecule has 3 aromatic carbocycles. The van der Waals surface area contributed by atoms with Crippen LogP contribution in [0.4, 0.5) is 5.82 Å². The van der Waals surface area contributed by atoms with Gasteiger partial charge < -0.3 is 10.6 Å². The first-order chi connectivity index (χ1) is 15.7. The number of rotatable bonds is 9. The van der Waals surface area contributed by atoms with E-state index in [0.717, 1.165) is 35.8 Å². The first-order valence-electron chi connectivity index (χ1n) is 10.8. The molecule has 1 aromatic heterocycles. The first kappa shape index (κ1) is 21.3. The molecule has 0 saturated carbocycles. The van der Waals surface area contributed by atoms with E-state index in [1.807, 2.05) is 60.7 Å². The van der Waals surface area contributed by atoms with Crippen molar-refractivity contribution in [2.45, 2.75) is 19.3 Å². The normalized spacial score (nSPS) is 10.8. The predicted octanol–water partition coefficient (Wildman–Crippen LogP) is 3.94. The standard InChI is InChI=1S/C26H26N4O2/c31-25(21-12-5-4-11-20(21)16-15-19-9-2-1-3-10-19)28-18-8-17-27-24-22-13-6-7-14-23(22)26(32)30-29-24/h1-7,9-14H,8,15-18H2,(H,27,29)(H,28,31)(H,30,32). The fourth-order valence-electron chi connectivity index (χ4n) is 3.73. The van der Waals surface area contributed by atoms with Crippen LogP contribution in [0.15, 0.2) is 83.7 Å². The molecular weight excluding hydrogens is 400 g/mol. The van der Waals surface area contributed by atoms with Gasteiger partial charge in [-0.3, -0.25) is 9.59 Å². The zero-order valence-electron chi connectivity index (χ0n) is 17.8.